The molecule has 27 heavy (non-hydrogen) atoms. The molecule has 3 heteroatoms. The van der Waals surface area contributed by atoms with Crippen LogP contribution in [-0.2, 0) is 22.3 Å². The highest BCUT2D eigenvalue weighted by Gasteiger charge is 2.13. The summed E-state index contributed by atoms with van der Waals surface area (Å²) in [6, 6.07) is 7.03. The summed E-state index contributed by atoms with van der Waals surface area (Å²) < 4.78 is 10.7. The van der Waals surface area contributed by atoms with E-state index in [1.807, 2.05) is 27.7 Å². The van der Waals surface area contributed by atoms with Gasteiger partial charge in [-0.2, -0.15) is 0 Å². The zero-order chi connectivity index (χ0) is 20.4. The van der Waals surface area contributed by atoms with Gasteiger partial charge in [-0.25, -0.2) is 0 Å². The summed E-state index contributed by atoms with van der Waals surface area (Å²) in [5, 5.41) is 0. The monoisotopic (exact) mass is 375 g/mol. The molecule has 0 radical (unpaired) electrons. The molecule has 1 atom stereocenters. The van der Waals surface area contributed by atoms with Gasteiger partial charge in [0.2, 0.25) is 0 Å². The third kappa shape index (κ3) is 9.32. The van der Waals surface area contributed by atoms with Crippen LogP contribution in [0.2, 0.25) is 0 Å². The summed E-state index contributed by atoms with van der Waals surface area (Å²) in [4.78, 5) is 2.44. The minimum atomic E-state index is -0.0775. The molecule has 2 rings (SSSR count). The fraction of sp³-hybridized carbons (Fsp3) is 0.667. The van der Waals surface area contributed by atoms with E-state index < -0.39 is 0 Å². The lowest BCUT2D eigenvalue weighted by atomic mass is 9.93. The van der Waals surface area contributed by atoms with Gasteiger partial charge in [0, 0.05) is 18.8 Å². The van der Waals surface area contributed by atoms with Crippen LogP contribution < -0.4 is 4.90 Å². The zero-order valence-electron chi connectivity index (χ0n) is 18.7. The number of ether oxygens (including phenoxy) is 2. The lowest BCUT2D eigenvalue weighted by Gasteiger charge is -2.29. The normalized spacial score (nSPS) is 15.6. The maximum absolute atomic E-state index is 5.43. The van der Waals surface area contributed by atoms with E-state index in [-0.39, 0.29) is 5.60 Å². The first-order valence-corrected chi connectivity index (χ1v) is 10.4. The Morgan fingerprint density at radius 2 is 1.81 bits per heavy atom. The quantitative estimate of drug-likeness (QED) is 0.568. The highest BCUT2D eigenvalue weighted by molar-refractivity contribution is 5.51. The predicted molar refractivity (Wildman–Crippen MR) is 118 cm³/mol. The van der Waals surface area contributed by atoms with Crippen LogP contribution >= 0.6 is 0 Å². The number of benzene rings is 1. The van der Waals surface area contributed by atoms with Crippen molar-refractivity contribution in [1.82, 2.24) is 0 Å². The van der Waals surface area contributed by atoms with Crippen molar-refractivity contribution in [1.29, 1.82) is 0 Å². The average Bonchev–Trinajstić information content (AvgIpc) is 2.61. The minimum Gasteiger partial charge on any atom is -0.493 e. The molecule has 0 aliphatic carbocycles. The summed E-state index contributed by atoms with van der Waals surface area (Å²) in [6.45, 7) is 22.1. The largest absolute Gasteiger partial charge is 0.493 e. The molecule has 1 aliphatic rings. The van der Waals surface area contributed by atoms with Crippen molar-refractivity contribution >= 4 is 5.69 Å². The van der Waals surface area contributed by atoms with Crippen LogP contribution in [0.4, 0.5) is 5.69 Å². The van der Waals surface area contributed by atoms with Crippen LogP contribution in [0.25, 0.3) is 0 Å². The predicted octanol–water partition coefficient (Wildman–Crippen LogP) is 6.01. The SMILES string of the molecule is C=C(C)OC(C)(C)C.CCc1cc(N2CCOCC2)ccc1CC(C)CC. The first-order chi connectivity index (χ1) is 12.7. The van der Waals surface area contributed by atoms with Gasteiger partial charge in [-0.1, -0.05) is 39.8 Å². The number of anilines is 1. The number of allylic oxidation sites excluding steroid dienone is 1. The van der Waals surface area contributed by atoms with E-state index in [4.69, 9.17) is 9.47 Å². The van der Waals surface area contributed by atoms with Gasteiger partial charge in [-0.15, -0.1) is 0 Å². The summed E-state index contributed by atoms with van der Waals surface area (Å²) in [7, 11) is 0. The standard InChI is InChI=1S/C17H27NO.C7H14O/c1-4-14(3)12-16-6-7-17(13-15(16)5-2)18-8-10-19-11-9-18;1-6(2)8-7(3,4)5/h6-7,13-14H,4-5,8-12H2,1-3H3;1H2,2-5H3. The molecule has 3 nitrogen and oxygen atoms in total. The Morgan fingerprint density at radius 1 is 1.19 bits per heavy atom. The highest BCUT2D eigenvalue weighted by Crippen LogP contribution is 2.24. The second-order valence-electron chi connectivity index (χ2n) is 8.54. The molecule has 1 saturated heterocycles. The van der Waals surface area contributed by atoms with Crippen molar-refractivity contribution in [2.75, 3.05) is 31.2 Å². The number of nitrogens with zero attached hydrogens (tertiary/aromatic N) is 1. The molecular formula is C24H41NO2. The average molecular weight is 376 g/mol. The van der Waals surface area contributed by atoms with Gasteiger partial charge in [0.25, 0.3) is 0 Å². The Morgan fingerprint density at radius 3 is 2.26 bits per heavy atom. The van der Waals surface area contributed by atoms with Crippen molar-refractivity contribution in [2.24, 2.45) is 5.92 Å². The fourth-order valence-corrected chi connectivity index (χ4v) is 3.20. The van der Waals surface area contributed by atoms with Gasteiger partial charge in [-0.05, 0) is 69.7 Å². The molecule has 0 spiro atoms. The number of hydrogen-bond acceptors (Lipinski definition) is 3. The van der Waals surface area contributed by atoms with Gasteiger partial charge >= 0.3 is 0 Å². The summed E-state index contributed by atoms with van der Waals surface area (Å²) in [5.74, 6) is 1.55. The number of hydrogen-bond donors (Lipinski definition) is 0. The molecule has 154 valence electrons. The van der Waals surface area contributed by atoms with E-state index >= 15 is 0 Å². The van der Waals surface area contributed by atoms with Gasteiger partial charge < -0.3 is 14.4 Å². The van der Waals surface area contributed by atoms with E-state index in [0.717, 1.165) is 44.4 Å². The van der Waals surface area contributed by atoms with Crippen molar-refractivity contribution < 1.29 is 9.47 Å². The molecule has 0 bridgehead atoms. The third-order valence-electron chi connectivity index (χ3n) is 4.69. The van der Waals surface area contributed by atoms with E-state index in [2.05, 4.69) is 50.4 Å². The van der Waals surface area contributed by atoms with E-state index in [0.29, 0.717) is 0 Å². The Balaban J connectivity index is 0.000000387. The van der Waals surface area contributed by atoms with Crippen LogP contribution in [0.3, 0.4) is 0 Å². The van der Waals surface area contributed by atoms with Gasteiger partial charge in [-0.3, -0.25) is 0 Å². The Bertz CT molecular complexity index is 568. The molecule has 1 heterocycles. The minimum absolute atomic E-state index is 0.0775. The second-order valence-corrected chi connectivity index (χ2v) is 8.54. The fourth-order valence-electron chi connectivity index (χ4n) is 3.20. The molecule has 1 aliphatic heterocycles. The second kappa shape index (κ2) is 11.4. The lowest BCUT2D eigenvalue weighted by Crippen LogP contribution is -2.36. The van der Waals surface area contributed by atoms with Crippen LogP contribution in [0.15, 0.2) is 30.5 Å². The van der Waals surface area contributed by atoms with Crippen LogP contribution in [-0.4, -0.2) is 31.9 Å². The Labute approximate surface area is 167 Å². The van der Waals surface area contributed by atoms with E-state index in [9.17, 15) is 0 Å². The number of morpholine rings is 1. The third-order valence-corrected chi connectivity index (χ3v) is 4.69. The lowest BCUT2D eigenvalue weighted by molar-refractivity contribution is 0.0544. The van der Waals surface area contributed by atoms with Crippen LogP contribution in [0.5, 0.6) is 0 Å². The maximum Gasteiger partial charge on any atom is 0.100 e. The van der Waals surface area contributed by atoms with E-state index in [1.165, 1.54) is 29.7 Å². The molecule has 0 amide bonds. The molecule has 1 aromatic carbocycles. The van der Waals surface area contributed by atoms with Crippen molar-refractivity contribution in [2.45, 2.75) is 73.3 Å². The topological polar surface area (TPSA) is 21.7 Å². The van der Waals surface area contributed by atoms with Crippen LogP contribution in [0, 0.1) is 5.92 Å². The Hall–Kier alpha value is -1.48. The van der Waals surface area contributed by atoms with Gasteiger partial charge in [0.05, 0.1) is 19.0 Å². The molecule has 0 saturated carbocycles. The molecule has 1 fully saturated rings. The molecule has 1 unspecified atom stereocenters. The summed E-state index contributed by atoms with van der Waals surface area (Å²) in [5.41, 5.74) is 4.34. The van der Waals surface area contributed by atoms with Crippen LogP contribution in [0.1, 0.15) is 66.0 Å². The number of rotatable bonds is 6. The van der Waals surface area contributed by atoms with Crippen molar-refractivity contribution in [3.05, 3.63) is 41.7 Å². The smallest absolute Gasteiger partial charge is 0.100 e. The van der Waals surface area contributed by atoms with Gasteiger partial charge in [0.15, 0.2) is 0 Å². The maximum atomic E-state index is 5.43. The first-order valence-electron chi connectivity index (χ1n) is 10.4. The molecule has 0 aromatic heterocycles. The van der Waals surface area contributed by atoms with Gasteiger partial charge in [0.1, 0.15) is 5.60 Å². The first kappa shape index (κ1) is 23.6. The zero-order valence-corrected chi connectivity index (χ0v) is 18.7. The molecule has 0 N–H and O–H groups in total. The Kier molecular flexibility index (Phi) is 9.93. The summed E-state index contributed by atoms with van der Waals surface area (Å²) >= 11 is 0. The van der Waals surface area contributed by atoms with Crippen molar-refractivity contribution in [3.8, 4) is 0 Å². The highest BCUT2D eigenvalue weighted by atomic mass is 16.5. The summed E-state index contributed by atoms with van der Waals surface area (Å²) in [6.07, 6.45) is 3.60. The molecular weight excluding hydrogens is 334 g/mol. The number of aryl methyl sites for hydroxylation is 1. The van der Waals surface area contributed by atoms with E-state index in [1.54, 1.807) is 0 Å². The molecule has 1 aromatic rings. The van der Waals surface area contributed by atoms with Crippen molar-refractivity contribution in [3.63, 3.8) is 0 Å².